The molecule has 3 atom stereocenters. The molecule has 3 aromatic rings. The number of fused-ring (bicyclic) bond motifs is 3. The SMILES string of the molecule is COc1ccc2c(c1)C13Cc4nc5ccccc5cc4CC1(C)CN(CC1(O)CC1)CC3C2. The number of benzene rings is 2. The lowest BCUT2D eigenvalue weighted by atomic mass is 9.49. The fourth-order valence-corrected chi connectivity index (χ4v) is 7.68. The van der Waals surface area contributed by atoms with E-state index in [-0.39, 0.29) is 10.8 Å². The van der Waals surface area contributed by atoms with E-state index in [1.54, 1.807) is 7.11 Å². The number of nitrogens with zero attached hydrogens (tertiary/aromatic N) is 2. The molecule has 0 bridgehead atoms. The van der Waals surface area contributed by atoms with Crippen LogP contribution in [0.1, 0.15) is 42.1 Å². The fraction of sp³-hybridized carbons (Fsp3) is 0.483. The van der Waals surface area contributed by atoms with Crippen molar-refractivity contribution in [3.05, 3.63) is 70.9 Å². The Kier molecular flexibility index (Phi) is 3.98. The van der Waals surface area contributed by atoms with Crippen LogP contribution >= 0.6 is 0 Å². The molecule has 0 amide bonds. The Balaban J connectivity index is 1.40. The van der Waals surface area contributed by atoms with Gasteiger partial charge < -0.3 is 9.84 Å². The summed E-state index contributed by atoms with van der Waals surface area (Å²) >= 11 is 0. The molecule has 1 spiro atoms. The highest BCUT2D eigenvalue weighted by Gasteiger charge is 2.63. The first kappa shape index (κ1) is 20.0. The minimum absolute atomic E-state index is 0.0575. The average molecular weight is 441 g/mol. The van der Waals surface area contributed by atoms with Gasteiger partial charge in [-0.05, 0) is 78.0 Å². The number of para-hydroxylation sites is 1. The van der Waals surface area contributed by atoms with Gasteiger partial charge in [-0.3, -0.25) is 9.88 Å². The number of aromatic nitrogens is 1. The molecule has 1 aromatic heterocycles. The maximum atomic E-state index is 10.7. The summed E-state index contributed by atoms with van der Waals surface area (Å²) in [5.41, 5.74) is 6.44. The molecule has 1 saturated carbocycles. The molecule has 4 heteroatoms. The third-order valence-electron chi connectivity index (χ3n) is 9.35. The Labute approximate surface area is 195 Å². The zero-order chi connectivity index (χ0) is 22.4. The predicted octanol–water partition coefficient (Wildman–Crippen LogP) is 4.30. The Morgan fingerprint density at radius 2 is 1.94 bits per heavy atom. The quantitative estimate of drug-likeness (QED) is 0.660. The lowest BCUT2D eigenvalue weighted by Crippen LogP contribution is -2.64. The van der Waals surface area contributed by atoms with Gasteiger partial charge in [0.05, 0.1) is 18.2 Å². The van der Waals surface area contributed by atoms with E-state index in [4.69, 9.17) is 9.72 Å². The van der Waals surface area contributed by atoms with Gasteiger partial charge in [-0.25, -0.2) is 0 Å². The van der Waals surface area contributed by atoms with Crippen molar-refractivity contribution < 1.29 is 9.84 Å². The fourth-order valence-electron chi connectivity index (χ4n) is 7.68. The average Bonchev–Trinajstić information content (AvgIpc) is 3.43. The van der Waals surface area contributed by atoms with E-state index >= 15 is 0 Å². The van der Waals surface area contributed by atoms with Crippen molar-refractivity contribution in [2.45, 2.75) is 50.0 Å². The Bertz CT molecular complexity index is 1280. The number of β-amino-alcohol motifs (C(OH)–C–C–N with tert-alkyl or cyclic N) is 1. The summed E-state index contributed by atoms with van der Waals surface area (Å²) in [7, 11) is 1.77. The van der Waals surface area contributed by atoms with Crippen molar-refractivity contribution in [2.24, 2.45) is 11.3 Å². The molecule has 2 aromatic carbocycles. The van der Waals surface area contributed by atoms with Gasteiger partial charge in [0, 0.05) is 42.6 Å². The number of ether oxygens (including phenoxy) is 1. The van der Waals surface area contributed by atoms with Gasteiger partial charge >= 0.3 is 0 Å². The second-order valence-electron chi connectivity index (χ2n) is 11.5. The van der Waals surface area contributed by atoms with E-state index in [1.807, 2.05) is 0 Å². The molecule has 3 aliphatic carbocycles. The lowest BCUT2D eigenvalue weighted by molar-refractivity contribution is -0.0513. The summed E-state index contributed by atoms with van der Waals surface area (Å²) in [6, 6.07) is 17.7. The van der Waals surface area contributed by atoms with Crippen molar-refractivity contribution in [2.75, 3.05) is 26.7 Å². The van der Waals surface area contributed by atoms with Crippen LogP contribution < -0.4 is 4.74 Å². The Morgan fingerprint density at radius 1 is 1.09 bits per heavy atom. The third-order valence-corrected chi connectivity index (χ3v) is 9.35. The molecule has 1 N–H and O–H groups in total. The minimum Gasteiger partial charge on any atom is -0.497 e. The first-order chi connectivity index (χ1) is 15.9. The first-order valence-electron chi connectivity index (χ1n) is 12.4. The van der Waals surface area contributed by atoms with Gasteiger partial charge in [-0.2, -0.15) is 0 Å². The van der Waals surface area contributed by atoms with Gasteiger partial charge in [0.2, 0.25) is 0 Å². The van der Waals surface area contributed by atoms with Gasteiger partial charge in [0.1, 0.15) is 5.75 Å². The van der Waals surface area contributed by atoms with E-state index in [1.165, 1.54) is 27.8 Å². The number of aliphatic hydroxyl groups is 1. The first-order valence-corrected chi connectivity index (χ1v) is 12.4. The Hall–Kier alpha value is -2.43. The zero-order valence-corrected chi connectivity index (χ0v) is 19.6. The predicted molar refractivity (Wildman–Crippen MR) is 130 cm³/mol. The van der Waals surface area contributed by atoms with Gasteiger partial charge in [0.15, 0.2) is 0 Å². The van der Waals surface area contributed by atoms with Crippen LogP contribution in [0.25, 0.3) is 10.9 Å². The molecule has 2 fully saturated rings. The van der Waals surface area contributed by atoms with Crippen molar-refractivity contribution in [3.63, 3.8) is 0 Å². The van der Waals surface area contributed by atoms with Crippen molar-refractivity contribution in [1.82, 2.24) is 9.88 Å². The monoisotopic (exact) mass is 440 g/mol. The number of pyridine rings is 1. The molecule has 3 unspecified atom stereocenters. The Morgan fingerprint density at radius 3 is 2.76 bits per heavy atom. The normalized spacial score (nSPS) is 31.4. The van der Waals surface area contributed by atoms with Gasteiger partial charge in [-0.15, -0.1) is 0 Å². The highest BCUT2D eigenvalue weighted by molar-refractivity contribution is 5.79. The van der Waals surface area contributed by atoms with E-state index in [0.717, 1.165) is 63.0 Å². The molecule has 33 heavy (non-hydrogen) atoms. The maximum Gasteiger partial charge on any atom is 0.119 e. The van der Waals surface area contributed by atoms with Crippen LogP contribution in [0.4, 0.5) is 0 Å². The number of likely N-dealkylation sites (tertiary alicyclic amines) is 1. The molecule has 4 aliphatic rings. The van der Waals surface area contributed by atoms with Crippen LogP contribution in [-0.2, 0) is 24.7 Å². The molecule has 2 heterocycles. The maximum absolute atomic E-state index is 10.7. The molecule has 7 rings (SSSR count). The number of hydrogen-bond donors (Lipinski definition) is 1. The number of rotatable bonds is 3. The van der Waals surface area contributed by atoms with Crippen LogP contribution in [0.2, 0.25) is 0 Å². The molecule has 1 saturated heterocycles. The molecular weight excluding hydrogens is 408 g/mol. The smallest absolute Gasteiger partial charge is 0.119 e. The largest absolute Gasteiger partial charge is 0.497 e. The summed E-state index contributed by atoms with van der Waals surface area (Å²) in [6.07, 6.45) is 5.03. The molecule has 4 nitrogen and oxygen atoms in total. The third kappa shape index (κ3) is 2.80. The summed E-state index contributed by atoms with van der Waals surface area (Å²) in [4.78, 5) is 7.79. The molecule has 170 valence electrons. The highest BCUT2D eigenvalue weighted by Crippen LogP contribution is 2.62. The van der Waals surface area contributed by atoms with Crippen molar-refractivity contribution in [1.29, 1.82) is 0 Å². The van der Waals surface area contributed by atoms with Crippen LogP contribution in [0.15, 0.2) is 48.5 Å². The van der Waals surface area contributed by atoms with Crippen molar-refractivity contribution >= 4 is 10.9 Å². The van der Waals surface area contributed by atoms with Gasteiger partial charge in [-0.1, -0.05) is 31.2 Å². The van der Waals surface area contributed by atoms with E-state index < -0.39 is 5.60 Å². The van der Waals surface area contributed by atoms with Crippen LogP contribution in [0.3, 0.4) is 0 Å². The standard InChI is InChI=1S/C29H32N2O2/c1-27-14-21-11-20-5-3-4-6-25(20)30-26(21)15-29(27)22(16-31(17-27)18-28(32)9-10-28)12-19-7-8-23(33-2)13-24(19)29/h3-8,11,13,22,32H,9-10,12,14-18H2,1-2H3. The van der Waals surface area contributed by atoms with E-state index in [0.29, 0.717) is 5.92 Å². The second kappa shape index (κ2) is 6.58. The van der Waals surface area contributed by atoms with Crippen LogP contribution in [0.5, 0.6) is 5.75 Å². The minimum atomic E-state index is -0.449. The summed E-state index contributed by atoms with van der Waals surface area (Å²) < 4.78 is 5.69. The summed E-state index contributed by atoms with van der Waals surface area (Å²) in [5, 5.41) is 12.0. The van der Waals surface area contributed by atoms with Crippen LogP contribution in [-0.4, -0.2) is 47.3 Å². The number of methoxy groups -OCH3 is 1. The van der Waals surface area contributed by atoms with E-state index in [2.05, 4.69) is 60.4 Å². The second-order valence-corrected chi connectivity index (χ2v) is 11.5. The zero-order valence-electron chi connectivity index (χ0n) is 19.6. The highest BCUT2D eigenvalue weighted by atomic mass is 16.5. The molecule has 1 aliphatic heterocycles. The summed E-state index contributed by atoms with van der Waals surface area (Å²) in [6.45, 7) is 5.40. The summed E-state index contributed by atoms with van der Waals surface area (Å²) in [5.74, 6) is 1.49. The van der Waals surface area contributed by atoms with Gasteiger partial charge in [0.25, 0.3) is 0 Å². The van der Waals surface area contributed by atoms with Crippen LogP contribution in [0, 0.1) is 11.3 Å². The van der Waals surface area contributed by atoms with E-state index in [9.17, 15) is 5.11 Å². The molecule has 0 radical (unpaired) electrons. The van der Waals surface area contributed by atoms with Crippen molar-refractivity contribution in [3.8, 4) is 5.75 Å². The molecular formula is C29H32N2O2. The lowest BCUT2D eigenvalue weighted by Gasteiger charge is -2.60. The topological polar surface area (TPSA) is 45.6 Å². The number of hydrogen-bond acceptors (Lipinski definition) is 4. The number of piperidine rings is 1.